The van der Waals surface area contributed by atoms with Gasteiger partial charge in [0.25, 0.3) is 5.91 Å². The number of carbonyl (C=O) groups is 3. The van der Waals surface area contributed by atoms with Crippen LogP contribution < -0.4 is 24.4 Å². The molecular weight excluding hydrogens is 693 g/mol. The maximum Gasteiger partial charge on any atom is 0.253 e. The summed E-state index contributed by atoms with van der Waals surface area (Å²) in [6.07, 6.45) is 2.26. The molecule has 2 aliphatic heterocycles. The van der Waals surface area contributed by atoms with Gasteiger partial charge in [-0.2, -0.15) is 4.98 Å². The highest BCUT2D eigenvalue weighted by Gasteiger charge is 2.35. The Labute approximate surface area is 315 Å². The van der Waals surface area contributed by atoms with Crippen molar-refractivity contribution < 1.29 is 28.6 Å². The first-order valence-corrected chi connectivity index (χ1v) is 18.5. The smallest absolute Gasteiger partial charge is 0.253 e. The number of rotatable bonds is 13. The Kier molecular flexibility index (Phi) is 12.0. The maximum absolute atomic E-state index is 14.0. The van der Waals surface area contributed by atoms with Crippen molar-refractivity contribution in [1.82, 2.24) is 19.8 Å². The molecule has 6 rings (SSSR count). The van der Waals surface area contributed by atoms with Gasteiger partial charge in [-0.25, -0.2) is 4.98 Å². The molecule has 1 aromatic heterocycles. The van der Waals surface area contributed by atoms with Gasteiger partial charge in [0.2, 0.25) is 11.9 Å². The van der Waals surface area contributed by atoms with Crippen LogP contribution in [0, 0.1) is 5.92 Å². The van der Waals surface area contributed by atoms with E-state index in [0.29, 0.717) is 109 Å². The van der Waals surface area contributed by atoms with Crippen LogP contribution in [0.3, 0.4) is 0 Å². The summed E-state index contributed by atoms with van der Waals surface area (Å²) in [6, 6.07) is 20.2. The molecule has 2 atom stereocenters. The summed E-state index contributed by atoms with van der Waals surface area (Å²) < 4.78 is 17.0. The number of piperazine rings is 1. The standard InChI is InChI=1S/C40H46N6O6S/c1-5-29(47)22-26(2)39(53)46-17-9-12-33(46)37(48)42-36-31-23-34(50-3)35(51-4)24-32(31)41-40(43-36)45-20-18-44(19-21-45)38(49)28-13-15-30(16-14-28)52-25-27-10-7-6-8-11-27/h6-8,10-11,13-16,23-24,26,33H,5,9,12,17-22,25H2,1-4H3,(H,41,42,43,48)/t26?,33-/m1/s1. The molecule has 278 valence electrons. The number of carbonyl (C=O) groups excluding carboxylic acids is 3. The van der Waals surface area contributed by atoms with E-state index < -0.39 is 6.04 Å². The van der Waals surface area contributed by atoms with Crippen LogP contribution >= 0.6 is 12.2 Å². The summed E-state index contributed by atoms with van der Waals surface area (Å²) in [4.78, 5) is 55.7. The second-order valence-electron chi connectivity index (χ2n) is 13.4. The zero-order valence-electron chi connectivity index (χ0n) is 30.7. The largest absolute Gasteiger partial charge is 0.493 e. The van der Waals surface area contributed by atoms with Gasteiger partial charge < -0.3 is 34.2 Å². The Morgan fingerprint density at radius 3 is 2.30 bits per heavy atom. The Bertz CT molecular complexity index is 1950. The number of nitrogens with one attached hydrogen (secondary N) is 1. The number of amides is 2. The zero-order chi connectivity index (χ0) is 37.5. The van der Waals surface area contributed by atoms with Gasteiger partial charge in [0.15, 0.2) is 11.5 Å². The normalized spacial score (nSPS) is 16.3. The monoisotopic (exact) mass is 738 g/mol. The van der Waals surface area contributed by atoms with Crippen LogP contribution in [0.2, 0.25) is 0 Å². The number of thiocarbonyl (C=S) groups is 1. The van der Waals surface area contributed by atoms with Crippen molar-refractivity contribution in [3.63, 3.8) is 0 Å². The highest BCUT2D eigenvalue weighted by Crippen LogP contribution is 2.36. The van der Waals surface area contributed by atoms with Crippen molar-refractivity contribution in [2.75, 3.05) is 57.2 Å². The van der Waals surface area contributed by atoms with E-state index >= 15 is 0 Å². The highest BCUT2D eigenvalue weighted by molar-refractivity contribution is 7.80. The Balaban J connectivity index is 1.17. The quantitative estimate of drug-likeness (QED) is 0.164. The maximum atomic E-state index is 14.0. The highest BCUT2D eigenvalue weighted by atomic mass is 32.1. The lowest BCUT2D eigenvalue weighted by Gasteiger charge is -2.35. The lowest BCUT2D eigenvalue weighted by atomic mass is 10.0. The predicted octanol–water partition coefficient (Wildman–Crippen LogP) is 5.92. The fraction of sp³-hybridized carbons (Fsp3) is 0.400. The molecule has 0 radical (unpaired) electrons. The number of hydrogen-bond acceptors (Lipinski definition) is 10. The van der Waals surface area contributed by atoms with E-state index in [1.54, 1.807) is 38.5 Å². The van der Waals surface area contributed by atoms with Gasteiger partial charge in [-0.15, -0.1) is 0 Å². The first-order valence-electron chi connectivity index (χ1n) is 18.1. The number of likely N-dealkylation sites (tertiary alicyclic amines) is 1. The topological polar surface area (TPSA) is 126 Å². The Hall–Kier alpha value is -5.30. The summed E-state index contributed by atoms with van der Waals surface area (Å²) >= 11 is 5.80. The zero-order valence-corrected chi connectivity index (χ0v) is 31.5. The van der Waals surface area contributed by atoms with Crippen LogP contribution in [-0.4, -0.2) is 95.3 Å². The number of aromatic nitrogens is 2. The van der Waals surface area contributed by atoms with Gasteiger partial charge in [-0.1, -0.05) is 56.4 Å². The minimum atomic E-state index is -0.491. The molecule has 0 aliphatic carbocycles. The van der Waals surface area contributed by atoms with Crippen molar-refractivity contribution in [3.8, 4) is 17.2 Å². The van der Waals surface area contributed by atoms with Gasteiger partial charge in [-0.3, -0.25) is 14.4 Å². The molecule has 12 nitrogen and oxygen atoms in total. The second-order valence-corrected chi connectivity index (χ2v) is 13.8. The SMILES string of the molecule is CCC(=O)CC(C)C(=S)N1CCC[C@@H]1C(=O)Nc1nc(N2CCN(C(=O)c3ccc(OCc4ccccc4)cc3)CC2)nc2cc(OC)c(OC)cc12. The van der Waals surface area contributed by atoms with Gasteiger partial charge in [0.1, 0.15) is 30.0 Å². The van der Waals surface area contributed by atoms with Crippen LogP contribution in [0.25, 0.3) is 10.9 Å². The third-order valence-corrected chi connectivity index (χ3v) is 10.5. The van der Waals surface area contributed by atoms with Crippen LogP contribution in [0.5, 0.6) is 17.2 Å². The lowest BCUT2D eigenvalue weighted by Crippen LogP contribution is -2.49. The van der Waals surface area contributed by atoms with Crippen LogP contribution in [0.1, 0.15) is 55.5 Å². The molecule has 53 heavy (non-hydrogen) atoms. The van der Waals surface area contributed by atoms with E-state index in [9.17, 15) is 14.4 Å². The molecule has 2 fully saturated rings. The third kappa shape index (κ3) is 8.68. The minimum Gasteiger partial charge on any atom is -0.493 e. The van der Waals surface area contributed by atoms with Crippen LogP contribution in [0.4, 0.5) is 11.8 Å². The molecule has 0 bridgehead atoms. The summed E-state index contributed by atoms with van der Waals surface area (Å²) in [7, 11) is 3.11. The number of hydrogen-bond donors (Lipinski definition) is 1. The molecule has 1 unspecified atom stereocenters. The summed E-state index contributed by atoms with van der Waals surface area (Å²) in [5.74, 6) is 2.16. The van der Waals surface area contributed by atoms with Gasteiger partial charge in [0.05, 0.1) is 24.7 Å². The molecule has 13 heteroatoms. The van der Waals surface area contributed by atoms with Gasteiger partial charge >= 0.3 is 0 Å². The number of methoxy groups -OCH3 is 2. The number of ketones is 1. The van der Waals surface area contributed by atoms with Crippen molar-refractivity contribution in [1.29, 1.82) is 0 Å². The third-order valence-electron chi connectivity index (χ3n) is 9.82. The second kappa shape index (κ2) is 17.0. The van der Waals surface area contributed by atoms with E-state index in [0.717, 1.165) is 12.0 Å². The lowest BCUT2D eigenvalue weighted by molar-refractivity contribution is -0.119. The molecule has 2 amide bonds. The number of ether oxygens (including phenoxy) is 3. The molecule has 0 spiro atoms. The number of benzene rings is 3. The van der Waals surface area contributed by atoms with Crippen molar-refractivity contribution >= 4 is 57.5 Å². The first-order chi connectivity index (χ1) is 25.7. The van der Waals surface area contributed by atoms with E-state index in [4.69, 9.17) is 36.4 Å². The van der Waals surface area contributed by atoms with Gasteiger partial charge in [-0.05, 0) is 48.7 Å². The number of Topliss-reactive ketones (excluding diaryl/α,β-unsaturated/α-hetero) is 1. The average molecular weight is 739 g/mol. The molecule has 3 aromatic carbocycles. The number of fused-ring (bicyclic) bond motifs is 1. The Morgan fingerprint density at radius 2 is 1.62 bits per heavy atom. The summed E-state index contributed by atoms with van der Waals surface area (Å²) in [6.45, 7) is 6.81. The summed E-state index contributed by atoms with van der Waals surface area (Å²) in [5.41, 5.74) is 2.23. The van der Waals surface area contributed by atoms with Gasteiger partial charge in [0, 0.05) is 68.5 Å². The molecule has 2 aliphatic rings. The average Bonchev–Trinajstić information content (AvgIpc) is 3.70. The summed E-state index contributed by atoms with van der Waals surface area (Å²) in [5, 5.41) is 3.68. The fourth-order valence-electron chi connectivity index (χ4n) is 6.77. The fourth-order valence-corrected chi connectivity index (χ4v) is 7.07. The first kappa shape index (κ1) is 37.5. The van der Waals surface area contributed by atoms with Crippen molar-refractivity contribution in [3.05, 3.63) is 77.9 Å². The van der Waals surface area contributed by atoms with Crippen molar-refractivity contribution in [2.24, 2.45) is 5.92 Å². The molecule has 2 saturated heterocycles. The molecule has 1 N–H and O–H groups in total. The van der Waals surface area contributed by atoms with E-state index in [1.165, 1.54) is 0 Å². The van der Waals surface area contributed by atoms with E-state index in [2.05, 4.69) is 5.32 Å². The minimum absolute atomic E-state index is 0.0594. The van der Waals surface area contributed by atoms with Crippen molar-refractivity contribution in [2.45, 2.75) is 52.2 Å². The number of nitrogens with zero attached hydrogens (tertiary/aromatic N) is 5. The van der Waals surface area contributed by atoms with Crippen LogP contribution in [-0.2, 0) is 16.2 Å². The molecule has 3 heterocycles. The van der Waals surface area contributed by atoms with E-state index in [1.807, 2.05) is 71.0 Å². The van der Waals surface area contributed by atoms with Crippen LogP contribution in [0.15, 0.2) is 66.7 Å². The number of anilines is 2. The molecular formula is C40H46N6O6S. The Morgan fingerprint density at radius 1 is 0.925 bits per heavy atom. The predicted molar refractivity (Wildman–Crippen MR) is 208 cm³/mol. The molecule has 4 aromatic rings. The molecule has 0 saturated carbocycles. The van der Waals surface area contributed by atoms with E-state index in [-0.39, 0.29) is 23.5 Å².